The quantitative estimate of drug-likeness (QED) is 0.760. The van der Waals surface area contributed by atoms with Crippen LogP contribution < -0.4 is 5.32 Å². The van der Waals surface area contributed by atoms with Gasteiger partial charge in [-0.2, -0.15) is 0 Å². The summed E-state index contributed by atoms with van der Waals surface area (Å²) in [4.78, 5) is 28.7. The molecule has 2 saturated heterocycles. The number of carbonyl (C=O) groups is 2. The Balaban J connectivity index is 1.48. The summed E-state index contributed by atoms with van der Waals surface area (Å²) in [5.74, 6) is -1.16. The van der Waals surface area contributed by atoms with Crippen molar-refractivity contribution in [2.75, 3.05) is 39.4 Å². The Hall–Kier alpha value is -1.77. The number of amides is 2. The molecule has 30 heavy (non-hydrogen) atoms. The molecule has 0 spiro atoms. The largest absolute Gasteiger partial charge is 0.377 e. The van der Waals surface area contributed by atoms with Crippen LogP contribution in [0.15, 0.2) is 18.2 Å². The minimum Gasteiger partial charge on any atom is -0.377 e. The Kier molecular flexibility index (Phi) is 7.31. The predicted molar refractivity (Wildman–Crippen MR) is 110 cm³/mol. The van der Waals surface area contributed by atoms with Crippen molar-refractivity contribution in [1.29, 1.82) is 0 Å². The van der Waals surface area contributed by atoms with E-state index in [1.54, 1.807) is 0 Å². The van der Waals surface area contributed by atoms with E-state index in [9.17, 15) is 14.0 Å². The van der Waals surface area contributed by atoms with Crippen LogP contribution in [0.3, 0.4) is 0 Å². The number of alkyl halides is 1. The van der Waals surface area contributed by atoms with E-state index >= 15 is 4.39 Å². The number of halogens is 3. The predicted octanol–water partition coefficient (Wildman–Crippen LogP) is 2.65. The molecule has 0 bridgehead atoms. The average Bonchev–Trinajstić information content (AvgIpc) is 2.67. The number of likely N-dealkylation sites (tertiary alicyclic amines) is 1. The molecular weight excluding hydrogens is 416 g/mol. The van der Waals surface area contributed by atoms with Crippen LogP contribution in [0, 0.1) is 5.82 Å². The summed E-state index contributed by atoms with van der Waals surface area (Å²) in [5.41, 5.74) is -1.51. The number of carbonyl (C=O) groups excluding carboxylic acids is 2. The van der Waals surface area contributed by atoms with Gasteiger partial charge in [0.25, 0.3) is 5.91 Å². The van der Waals surface area contributed by atoms with Gasteiger partial charge in [-0.15, -0.1) is 0 Å². The maximum Gasteiger partial charge on any atom is 0.251 e. The van der Waals surface area contributed by atoms with Crippen LogP contribution in [0.2, 0.25) is 5.02 Å². The topological polar surface area (TPSA) is 61.9 Å². The van der Waals surface area contributed by atoms with E-state index in [2.05, 4.69) is 5.32 Å². The molecule has 3 rings (SSSR count). The first kappa shape index (κ1) is 22.9. The minimum absolute atomic E-state index is 0.0258. The number of ether oxygens (including phenoxy) is 1. The fourth-order valence-corrected chi connectivity index (χ4v) is 4.30. The van der Waals surface area contributed by atoms with Gasteiger partial charge in [0.2, 0.25) is 5.91 Å². The van der Waals surface area contributed by atoms with Gasteiger partial charge in [-0.25, -0.2) is 8.78 Å². The molecule has 2 atom stereocenters. The maximum atomic E-state index is 15.1. The van der Waals surface area contributed by atoms with Gasteiger partial charge >= 0.3 is 0 Å². The molecule has 2 fully saturated rings. The van der Waals surface area contributed by atoms with Crippen LogP contribution in [0.4, 0.5) is 8.78 Å². The van der Waals surface area contributed by atoms with Crippen molar-refractivity contribution in [3.63, 3.8) is 0 Å². The highest BCUT2D eigenvalue weighted by atomic mass is 35.5. The number of piperidine rings is 1. The number of nitrogens with one attached hydrogen (secondary N) is 1. The molecule has 1 aromatic carbocycles. The van der Waals surface area contributed by atoms with E-state index in [-0.39, 0.29) is 54.5 Å². The van der Waals surface area contributed by atoms with Gasteiger partial charge < -0.3 is 15.0 Å². The van der Waals surface area contributed by atoms with Crippen LogP contribution >= 0.6 is 11.6 Å². The summed E-state index contributed by atoms with van der Waals surface area (Å²) in [5, 5.41) is 2.64. The molecular formula is C21H28ClF2N3O3. The summed E-state index contributed by atoms with van der Waals surface area (Å²) in [6.07, 6.45) is 0.414. The van der Waals surface area contributed by atoms with Crippen molar-refractivity contribution >= 4 is 23.4 Å². The lowest BCUT2D eigenvalue weighted by molar-refractivity contribution is -0.146. The Morgan fingerprint density at radius 1 is 1.20 bits per heavy atom. The van der Waals surface area contributed by atoms with Crippen molar-refractivity contribution < 1.29 is 23.1 Å². The van der Waals surface area contributed by atoms with E-state index < -0.39 is 17.4 Å². The second-order valence-electron chi connectivity index (χ2n) is 8.30. The molecule has 2 aliphatic heterocycles. The highest BCUT2D eigenvalue weighted by Gasteiger charge is 2.37. The van der Waals surface area contributed by atoms with Crippen molar-refractivity contribution in [2.45, 2.75) is 44.4 Å². The summed E-state index contributed by atoms with van der Waals surface area (Å²) >= 11 is 5.76. The summed E-state index contributed by atoms with van der Waals surface area (Å²) < 4.78 is 34.0. The van der Waals surface area contributed by atoms with E-state index in [4.69, 9.17) is 16.3 Å². The van der Waals surface area contributed by atoms with Gasteiger partial charge in [-0.1, -0.05) is 11.6 Å². The average molecular weight is 444 g/mol. The van der Waals surface area contributed by atoms with Gasteiger partial charge in [0.05, 0.1) is 38.4 Å². The third-order valence-corrected chi connectivity index (χ3v) is 5.98. The Labute approximate surface area is 180 Å². The number of morpholine rings is 1. The van der Waals surface area contributed by atoms with Crippen molar-refractivity contribution in [2.24, 2.45) is 0 Å². The Morgan fingerprint density at radius 2 is 1.83 bits per heavy atom. The second-order valence-corrected chi connectivity index (χ2v) is 8.74. The Bertz CT molecular complexity index is 757. The molecule has 1 aromatic rings. The monoisotopic (exact) mass is 443 g/mol. The highest BCUT2D eigenvalue weighted by molar-refractivity contribution is 6.31. The van der Waals surface area contributed by atoms with E-state index in [0.29, 0.717) is 26.3 Å². The van der Waals surface area contributed by atoms with Gasteiger partial charge in [0.15, 0.2) is 0 Å². The molecule has 6 nitrogen and oxygen atoms in total. The molecule has 2 aliphatic rings. The van der Waals surface area contributed by atoms with Crippen LogP contribution in [-0.4, -0.2) is 78.8 Å². The highest BCUT2D eigenvalue weighted by Crippen LogP contribution is 2.26. The summed E-state index contributed by atoms with van der Waals surface area (Å²) in [6.45, 7) is 5.92. The zero-order valence-electron chi connectivity index (χ0n) is 17.3. The van der Waals surface area contributed by atoms with Gasteiger partial charge in [-0.3, -0.25) is 14.5 Å². The first-order valence-corrected chi connectivity index (χ1v) is 10.6. The lowest BCUT2D eigenvalue weighted by atomic mass is 9.93. The fraction of sp³-hybridized carbons (Fsp3) is 0.619. The zero-order valence-corrected chi connectivity index (χ0v) is 18.1. The molecule has 0 aliphatic carbocycles. The SMILES string of the molecule is CC1COCC(C)N1C(=O)CN1CCC(F)(CNC(=O)c2cc(F)cc(Cl)c2)CC1. The van der Waals surface area contributed by atoms with Crippen LogP contribution in [0.5, 0.6) is 0 Å². The van der Waals surface area contributed by atoms with E-state index in [1.807, 2.05) is 23.6 Å². The molecule has 9 heteroatoms. The third-order valence-electron chi connectivity index (χ3n) is 5.76. The van der Waals surface area contributed by atoms with E-state index in [0.717, 1.165) is 12.1 Å². The third kappa shape index (κ3) is 5.68. The number of rotatable bonds is 5. The minimum atomic E-state index is -1.56. The van der Waals surface area contributed by atoms with Crippen LogP contribution in [0.1, 0.15) is 37.0 Å². The summed E-state index contributed by atoms with van der Waals surface area (Å²) in [7, 11) is 0. The lowest BCUT2D eigenvalue weighted by Crippen LogP contribution is -2.56. The molecule has 0 radical (unpaired) electrons. The first-order chi connectivity index (χ1) is 14.2. The molecule has 2 heterocycles. The van der Waals surface area contributed by atoms with Crippen LogP contribution in [-0.2, 0) is 9.53 Å². The number of hydrogen-bond donors (Lipinski definition) is 1. The van der Waals surface area contributed by atoms with Crippen molar-refractivity contribution in [3.05, 3.63) is 34.6 Å². The molecule has 1 N–H and O–H groups in total. The van der Waals surface area contributed by atoms with Gasteiger partial charge in [-0.05, 0) is 44.9 Å². The fourth-order valence-electron chi connectivity index (χ4n) is 4.08. The number of nitrogens with zero attached hydrogens (tertiary/aromatic N) is 2. The second kappa shape index (κ2) is 9.58. The van der Waals surface area contributed by atoms with Gasteiger partial charge in [0.1, 0.15) is 11.5 Å². The number of benzene rings is 1. The maximum absolute atomic E-state index is 15.1. The molecule has 166 valence electrons. The zero-order chi connectivity index (χ0) is 21.9. The smallest absolute Gasteiger partial charge is 0.251 e. The first-order valence-electron chi connectivity index (χ1n) is 10.2. The van der Waals surface area contributed by atoms with Crippen LogP contribution in [0.25, 0.3) is 0 Å². The standard InChI is InChI=1S/C21H28ClF2N3O3/c1-14-11-30-12-15(2)27(14)19(28)10-26-5-3-21(24,4-6-26)13-25-20(29)16-7-17(22)9-18(23)8-16/h7-9,14-15H,3-6,10-13H2,1-2H3,(H,25,29). The normalized spacial score (nSPS) is 24.5. The molecule has 0 aromatic heterocycles. The molecule has 0 saturated carbocycles. The lowest BCUT2D eigenvalue weighted by Gasteiger charge is -2.41. The molecule has 2 unspecified atom stereocenters. The Morgan fingerprint density at radius 3 is 2.43 bits per heavy atom. The van der Waals surface area contributed by atoms with Crippen molar-refractivity contribution in [3.8, 4) is 0 Å². The summed E-state index contributed by atoms with van der Waals surface area (Å²) in [6, 6.07) is 3.56. The number of hydrogen-bond acceptors (Lipinski definition) is 4. The van der Waals surface area contributed by atoms with E-state index in [1.165, 1.54) is 6.07 Å². The molecule has 2 amide bonds. The van der Waals surface area contributed by atoms with Crippen molar-refractivity contribution in [1.82, 2.24) is 15.1 Å². The van der Waals surface area contributed by atoms with Gasteiger partial charge in [0, 0.05) is 23.7 Å².